The van der Waals surface area contributed by atoms with E-state index in [1.165, 1.54) is 44.1 Å². The van der Waals surface area contributed by atoms with Gasteiger partial charge in [0, 0.05) is 18.7 Å². The van der Waals surface area contributed by atoms with Gasteiger partial charge in [-0.3, -0.25) is 4.68 Å². The average Bonchev–Trinajstić information content (AvgIpc) is 3.00. The van der Waals surface area contributed by atoms with Gasteiger partial charge >= 0.3 is 0 Å². The molecule has 0 bridgehead atoms. The number of halogens is 1. The molecule has 1 heterocycles. The Morgan fingerprint density at radius 2 is 2.10 bits per heavy atom. The Hall–Kier alpha value is -0.540. The highest BCUT2D eigenvalue weighted by molar-refractivity contribution is 6.30. The lowest BCUT2D eigenvalue weighted by molar-refractivity contribution is 0.407. The van der Waals surface area contributed by atoms with E-state index >= 15 is 0 Å². The topological polar surface area (TPSA) is 29.9 Å². The van der Waals surface area contributed by atoms with Crippen LogP contribution in [0.25, 0.3) is 0 Å². The number of aryl methyl sites for hydroxylation is 2. The first-order valence-corrected chi connectivity index (χ1v) is 8.41. The first-order chi connectivity index (χ1) is 9.61. The zero-order valence-corrected chi connectivity index (χ0v) is 13.8. The van der Waals surface area contributed by atoms with Crippen LogP contribution in [-0.2, 0) is 13.5 Å². The van der Waals surface area contributed by atoms with E-state index in [-0.39, 0.29) is 0 Å². The normalized spacial score (nSPS) is 17.8. The van der Waals surface area contributed by atoms with Crippen molar-refractivity contribution >= 4 is 11.6 Å². The van der Waals surface area contributed by atoms with Gasteiger partial charge in [-0.25, -0.2) is 0 Å². The highest BCUT2D eigenvalue weighted by atomic mass is 35.5. The van der Waals surface area contributed by atoms with Gasteiger partial charge in [-0.2, -0.15) is 5.10 Å². The molecule has 20 heavy (non-hydrogen) atoms. The van der Waals surface area contributed by atoms with Crippen molar-refractivity contribution in [1.82, 2.24) is 15.1 Å². The number of nitrogens with one attached hydrogen (secondary N) is 1. The third kappa shape index (κ3) is 3.98. The summed E-state index contributed by atoms with van der Waals surface area (Å²) >= 11 is 6.36. The number of rotatable bonds is 7. The van der Waals surface area contributed by atoms with Crippen LogP contribution in [0, 0.1) is 12.8 Å². The molecule has 0 radical (unpaired) electrons. The van der Waals surface area contributed by atoms with Gasteiger partial charge in [-0.05, 0) is 38.6 Å². The Morgan fingerprint density at radius 1 is 1.40 bits per heavy atom. The fourth-order valence-corrected chi connectivity index (χ4v) is 3.70. The molecule has 0 aromatic carbocycles. The van der Waals surface area contributed by atoms with Crippen molar-refractivity contribution in [2.75, 3.05) is 6.54 Å². The van der Waals surface area contributed by atoms with Crippen LogP contribution in [0.15, 0.2) is 0 Å². The smallest absolute Gasteiger partial charge is 0.130 e. The molecule has 114 valence electrons. The van der Waals surface area contributed by atoms with Crippen molar-refractivity contribution in [2.24, 2.45) is 13.0 Å². The van der Waals surface area contributed by atoms with E-state index in [0.717, 1.165) is 29.7 Å². The predicted molar refractivity (Wildman–Crippen MR) is 85.3 cm³/mol. The second-order valence-electron chi connectivity index (χ2n) is 6.16. The molecule has 1 aliphatic carbocycles. The molecule has 3 nitrogen and oxygen atoms in total. The van der Waals surface area contributed by atoms with Crippen molar-refractivity contribution in [3.05, 3.63) is 16.4 Å². The third-order valence-electron chi connectivity index (χ3n) is 4.61. The number of likely N-dealkylation sites (N-methyl/N-ethyl adjacent to an activating group) is 1. The van der Waals surface area contributed by atoms with Crippen LogP contribution in [0.2, 0.25) is 5.15 Å². The minimum atomic E-state index is 0.529. The number of nitrogens with zero attached hydrogens (tertiary/aromatic N) is 2. The molecule has 1 aromatic rings. The van der Waals surface area contributed by atoms with Gasteiger partial charge in [0.2, 0.25) is 0 Å². The summed E-state index contributed by atoms with van der Waals surface area (Å²) in [4.78, 5) is 0. The Kier molecular flexibility index (Phi) is 5.91. The Balaban J connectivity index is 1.93. The van der Waals surface area contributed by atoms with E-state index in [9.17, 15) is 0 Å². The van der Waals surface area contributed by atoms with Gasteiger partial charge in [0.05, 0.1) is 5.69 Å². The summed E-state index contributed by atoms with van der Waals surface area (Å²) in [6.07, 6.45) is 9.35. The van der Waals surface area contributed by atoms with Crippen LogP contribution < -0.4 is 5.32 Å². The number of hydrogen-bond acceptors (Lipinski definition) is 2. The van der Waals surface area contributed by atoms with Crippen LogP contribution in [-0.4, -0.2) is 22.4 Å². The van der Waals surface area contributed by atoms with Gasteiger partial charge in [0.25, 0.3) is 0 Å². The fourth-order valence-electron chi connectivity index (χ4n) is 3.45. The molecular weight excluding hydrogens is 270 g/mol. The van der Waals surface area contributed by atoms with Gasteiger partial charge in [0.15, 0.2) is 0 Å². The first-order valence-electron chi connectivity index (χ1n) is 8.03. The van der Waals surface area contributed by atoms with Gasteiger partial charge in [-0.1, -0.05) is 44.2 Å². The maximum Gasteiger partial charge on any atom is 0.130 e. The molecular formula is C16H28ClN3. The summed E-state index contributed by atoms with van der Waals surface area (Å²) in [5.74, 6) is 0.960. The second kappa shape index (κ2) is 7.46. The van der Waals surface area contributed by atoms with Crippen LogP contribution in [0.3, 0.4) is 0 Å². The Bertz CT molecular complexity index is 422. The SMILES string of the molecule is CCNC(CCC1CCCC1)Cc1c(C)nn(C)c1Cl. The van der Waals surface area contributed by atoms with E-state index in [0.29, 0.717) is 6.04 Å². The molecule has 1 aliphatic rings. The summed E-state index contributed by atoms with van der Waals surface area (Å²) in [5.41, 5.74) is 2.29. The summed E-state index contributed by atoms with van der Waals surface area (Å²) in [6.45, 7) is 5.26. The van der Waals surface area contributed by atoms with Crippen molar-refractivity contribution in [3.63, 3.8) is 0 Å². The number of aromatic nitrogens is 2. The zero-order valence-electron chi connectivity index (χ0n) is 13.1. The largest absolute Gasteiger partial charge is 0.314 e. The molecule has 1 fully saturated rings. The molecule has 0 amide bonds. The fraction of sp³-hybridized carbons (Fsp3) is 0.812. The van der Waals surface area contributed by atoms with E-state index in [4.69, 9.17) is 11.6 Å². The van der Waals surface area contributed by atoms with E-state index in [1.54, 1.807) is 4.68 Å². The quantitative estimate of drug-likeness (QED) is 0.828. The average molecular weight is 298 g/mol. The van der Waals surface area contributed by atoms with Crippen molar-refractivity contribution < 1.29 is 0 Å². The summed E-state index contributed by atoms with van der Waals surface area (Å²) in [7, 11) is 1.92. The Labute approximate surface area is 128 Å². The monoisotopic (exact) mass is 297 g/mol. The van der Waals surface area contributed by atoms with Crippen molar-refractivity contribution in [1.29, 1.82) is 0 Å². The zero-order chi connectivity index (χ0) is 14.5. The highest BCUT2D eigenvalue weighted by Crippen LogP contribution is 2.30. The molecule has 1 atom stereocenters. The standard InChI is InChI=1S/C16H28ClN3/c1-4-18-14(10-9-13-7-5-6-8-13)11-15-12(2)19-20(3)16(15)17/h13-14,18H,4-11H2,1-3H3. The van der Waals surface area contributed by atoms with Crippen molar-refractivity contribution in [3.8, 4) is 0 Å². The molecule has 0 aliphatic heterocycles. The summed E-state index contributed by atoms with van der Waals surface area (Å²) < 4.78 is 1.78. The molecule has 0 saturated heterocycles. The number of hydrogen-bond donors (Lipinski definition) is 1. The van der Waals surface area contributed by atoms with Gasteiger partial charge < -0.3 is 5.32 Å². The third-order valence-corrected chi connectivity index (χ3v) is 5.08. The van der Waals surface area contributed by atoms with Crippen LogP contribution >= 0.6 is 11.6 Å². The van der Waals surface area contributed by atoms with Crippen molar-refractivity contribution in [2.45, 2.75) is 64.8 Å². The maximum absolute atomic E-state index is 6.36. The minimum absolute atomic E-state index is 0.529. The molecule has 1 aromatic heterocycles. The van der Waals surface area contributed by atoms with Crippen LogP contribution in [0.4, 0.5) is 0 Å². The van der Waals surface area contributed by atoms with E-state index in [1.807, 2.05) is 7.05 Å². The maximum atomic E-state index is 6.36. The second-order valence-corrected chi connectivity index (χ2v) is 6.52. The van der Waals surface area contributed by atoms with Gasteiger partial charge in [0.1, 0.15) is 5.15 Å². The molecule has 1 unspecified atom stereocenters. The summed E-state index contributed by atoms with van der Waals surface area (Å²) in [5, 5.41) is 8.84. The molecule has 0 spiro atoms. The molecule has 2 rings (SSSR count). The first kappa shape index (κ1) is 15.8. The van der Waals surface area contributed by atoms with E-state index in [2.05, 4.69) is 24.3 Å². The molecule has 4 heteroatoms. The predicted octanol–water partition coefficient (Wildman–Crippen LogP) is 3.87. The lowest BCUT2D eigenvalue weighted by Crippen LogP contribution is -2.31. The lowest BCUT2D eigenvalue weighted by Gasteiger charge is -2.20. The lowest BCUT2D eigenvalue weighted by atomic mass is 9.95. The highest BCUT2D eigenvalue weighted by Gasteiger charge is 2.20. The Morgan fingerprint density at radius 3 is 2.65 bits per heavy atom. The molecule has 1 saturated carbocycles. The van der Waals surface area contributed by atoms with Crippen LogP contribution in [0.1, 0.15) is 56.7 Å². The molecule has 1 N–H and O–H groups in total. The minimum Gasteiger partial charge on any atom is -0.314 e. The summed E-state index contributed by atoms with van der Waals surface area (Å²) in [6, 6.07) is 0.529. The van der Waals surface area contributed by atoms with E-state index < -0.39 is 0 Å². The van der Waals surface area contributed by atoms with Crippen LogP contribution in [0.5, 0.6) is 0 Å². The van der Waals surface area contributed by atoms with Gasteiger partial charge in [-0.15, -0.1) is 0 Å².